The predicted molar refractivity (Wildman–Crippen MR) is 217 cm³/mol. The lowest BCUT2D eigenvalue weighted by molar-refractivity contribution is -0.370. The van der Waals surface area contributed by atoms with Crippen LogP contribution in [0.3, 0.4) is 0 Å². The van der Waals surface area contributed by atoms with Crippen molar-refractivity contribution >= 4 is 5.97 Å². The molecule has 7 fully saturated rings. The van der Waals surface area contributed by atoms with Crippen LogP contribution in [0.15, 0.2) is 12.2 Å². The molecule has 0 aromatic heterocycles. The highest BCUT2D eigenvalue weighted by Crippen LogP contribution is 2.44. The Balaban J connectivity index is 1.05. The van der Waals surface area contributed by atoms with E-state index in [0.717, 1.165) is 12.8 Å². The van der Waals surface area contributed by atoms with Gasteiger partial charge in [0.1, 0.15) is 79.9 Å². The van der Waals surface area contributed by atoms with Crippen molar-refractivity contribution in [2.24, 2.45) is 17.8 Å². The van der Waals surface area contributed by atoms with Gasteiger partial charge in [-0.25, -0.2) is 4.79 Å². The van der Waals surface area contributed by atoms with Crippen LogP contribution in [0.25, 0.3) is 0 Å². The first-order valence-electron chi connectivity index (χ1n) is 23.1. The number of methoxy groups -OCH3 is 1. The summed E-state index contributed by atoms with van der Waals surface area (Å²) in [5, 5.41) is 128. The lowest BCUT2D eigenvalue weighted by Crippen LogP contribution is -2.64. The lowest BCUT2D eigenvalue weighted by atomic mass is 9.72. The minimum atomic E-state index is -1.80. The van der Waals surface area contributed by atoms with E-state index in [4.69, 9.17) is 42.6 Å². The van der Waals surface area contributed by atoms with Crippen molar-refractivity contribution in [2.45, 2.75) is 212 Å². The molecule has 374 valence electrons. The smallest absolute Gasteiger partial charge is 0.330 e. The summed E-state index contributed by atoms with van der Waals surface area (Å²) in [6.07, 6.45) is -21.4. The van der Waals surface area contributed by atoms with Crippen molar-refractivity contribution < 1.29 is 109 Å². The van der Waals surface area contributed by atoms with Crippen molar-refractivity contribution in [2.75, 3.05) is 20.3 Å². The third-order valence-electron chi connectivity index (χ3n) is 14.6. The standard InChI is InChI=1S/C43H70O22/c1-17-31(48)34(51)37(54)41(60-17)59-16-29-33(50)36(53)39(56)43(65-29)63-27-14-22-24(61-40(27)19-6-9-23(46)26(11-19)57-2)12-21(45)13-25(22)62-42-38(55)35(52)32(49)28(64-42)15-58-30(47)10-5-18-3-7-20(44)8-4-18/h5,10,17-29,31-46,48-56H,3-4,6-9,11-16H2,1-2H3/p+1/t17-,18?,19?,20?,21?,22?,23?,24?,25?,26?,27?,28+,29+,31-,32+,33-,34+,35-,36-,37+,38+,39+,40?,41+,42+,43-/m0/s1. The minimum Gasteiger partial charge on any atom is -0.460 e. The van der Waals surface area contributed by atoms with E-state index in [1.165, 1.54) is 20.1 Å². The Bertz CT molecular complexity index is 1540. The van der Waals surface area contributed by atoms with E-state index in [0.29, 0.717) is 32.1 Å². The van der Waals surface area contributed by atoms with E-state index in [9.17, 15) is 66.1 Å². The number of ether oxygens (including phenoxy) is 9. The Labute approximate surface area is 376 Å². The van der Waals surface area contributed by atoms with Gasteiger partial charge in [0, 0.05) is 31.9 Å². The zero-order chi connectivity index (χ0) is 46.9. The second-order valence-electron chi connectivity index (χ2n) is 19.1. The summed E-state index contributed by atoms with van der Waals surface area (Å²) in [6, 6.07) is 0. The van der Waals surface area contributed by atoms with E-state index in [-0.39, 0.29) is 37.2 Å². The number of carbonyl (C=O) groups excluding carboxylic acids is 1. The van der Waals surface area contributed by atoms with Gasteiger partial charge in [-0.05, 0) is 64.2 Å². The SMILES string of the molecule is COC1CC(C2[OH+]C3CC(O)CC(O[C@@H]4O[C@H](COC(=O)C=CC5CCC(O)CC5)[C@@H](O)[C@H](O)[C@H]4O)C3CC2O[C@H]2O[C@H](CO[C@@H]3O[C@@H](C)[C@H](O)[C@@H](O)[C@H]3O)[C@H](O)[C@H](O)[C@H]2O)CCC1O. The predicted octanol–water partition coefficient (Wildman–Crippen LogP) is -4.52. The van der Waals surface area contributed by atoms with Crippen molar-refractivity contribution in [1.82, 2.24) is 0 Å². The molecule has 4 heterocycles. The molecular weight excluding hydrogens is 868 g/mol. The fourth-order valence-electron chi connectivity index (χ4n) is 10.6. The third kappa shape index (κ3) is 11.9. The fraction of sp³-hybridized carbons (Fsp3) is 0.930. The van der Waals surface area contributed by atoms with Crippen LogP contribution < -0.4 is 0 Å². The van der Waals surface area contributed by atoms with Gasteiger partial charge in [0.15, 0.2) is 31.1 Å². The first-order chi connectivity index (χ1) is 30.9. The molecule has 0 aromatic carbocycles. The number of aliphatic hydroxyl groups excluding tert-OH is 12. The molecule has 0 aromatic rings. The summed E-state index contributed by atoms with van der Waals surface area (Å²) in [5.74, 6) is -1.38. The van der Waals surface area contributed by atoms with Gasteiger partial charge >= 0.3 is 5.97 Å². The highest BCUT2D eigenvalue weighted by Gasteiger charge is 2.57. The van der Waals surface area contributed by atoms with Crippen LogP contribution in [-0.4, -0.2) is 233 Å². The molecule has 24 atom stereocenters. The van der Waals surface area contributed by atoms with Crippen LogP contribution in [0.4, 0.5) is 0 Å². The first-order valence-corrected chi connectivity index (χ1v) is 23.1. The van der Waals surface area contributed by atoms with Gasteiger partial charge in [-0.15, -0.1) is 0 Å². The average Bonchev–Trinajstić information content (AvgIpc) is 3.29. The van der Waals surface area contributed by atoms with E-state index in [1.54, 1.807) is 6.08 Å². The molecule has 0 radical (unpaired) electrons. The molecule has 4 aliphatic heterocycles. The van der Waals surface area contributed by atoms with Crippen molar-refractivity contribution in [3.05, 3.63) is 12.2 Å². The van der Waals surface area contributed by atoms with Gasteiger partial charge in [-0.1, -0.05) is 6.08 Å². The number of fused-ring (bicyclic) bond motifs is 1. The fourth-order valence-corrected chi connectivity index (χ4v) is 10.6. The van der Waals surface area contributed by atoms with Crippen molar-refractivity contribution in [1.29, 1.82) is 0 Å². The highest BCUT2D eigenvalue weighted by atomic mass is 16.7. The summed E-state index contributed by atoms with van der Waals surface area (Å²) < 4.78 is 52.1. The molecular formula is C43H71O22+. The van der Waals surface area contributed by atoms with Gasteiger partial charge in [-0.3, -0.25) is 0 Å². The largest absolute Gasteiger partial charge is 0.460 e. The zero-order valence-corrected chi connectivity index (χ0v) is 36.6. The van der Waals surface area contributed by atoms with Gasteiger partial charge < -0.3 is 104 Å². The Morgan fingerprint density at radius 1 is 0.600 bits per heavy atom. The Hall–Kier alpha value is -1.59. The molecule has 3 saturated carbocycles. The molecule has 4 saturated heterocycles. The van der Waals surface area contributed by atoms with Crippen LogP contribution in [0.2, 0.25) is 0 Å². The molecule has 22 heteroatoms. The van der Waals surface area contributed by atoms with Gasteiger partial charge in [0.25, 0.3) is 0 Å². The Morgan fingerprint density at radius 2 is 1.20 bits per heavy atom. The molecule has 7 rings (SSSR count). The summed E-state index contributed by atoms with van der Waals surface area (Å²) in [5.41, 5.74) is 0. The molecule has 65 heavy (non-hydrogen) atoms. The quantitative estimate of drug-likeness (QED) is 0.0470. The maximum Gasteiger partial charge on any atom is 0.330 e. The maximum absolute atomic E-state index is 12.6. The number of hydrogen-bond donors (Lipinski definition) is 12. The normalized spacial score (nSPS) is 51.0. The summed E-state index contributed by atoms with van der Waals surface area (Å²) >= 11 is 0. The Morgan fingerprint density at radius 3 is 1.85 bits per heavy atom. The lowest BCUT2D eigenvalue weighted by Gasteiger charge is -2.50. The van der Waals surface area contributed by atoms with Crippen LogP contribution in [0.1, 0.15) is 71.1 Å². The topological polar surface area (TPSA) is 346 Å². The van der Waals surface area contributed by atoms with Crippen LogP contribution in [-0.2, 0) is 42.7 Å². The van der Waals surface area contributed by atoms with E-state index < -0.39 is 160 Å². The van der Waals surface area contributed by atoms with Gasteiger partial charge in [0.2, 0.25) is 0 Å². The monoisotopic (exact) mass is 939 g/mol. The molecule has 13 N–H and O–H groups in total. The molecule has 9 unspecified atom stereocenters. The number of esters is 1. The van der Waals surface area contributed by atoms with Crippen LogP contribution in [0.5, 0.6) is 0 Å². The van der Waals surface area contributed by atoms with E-state index >= 15 is 0 Å². The Kier molecular flexibility index (Phi) is 17.7. The third-order valence-corrected chi connectivity index (χ3v) is 14.6. The van der Waals surface area contributed by atoms with E-state index in [1.807, 2.05) is 0 Å². The van der Waals surface area contributed by atoms with Crippen LogP contribution >= 0.6 is 0 Å². The summed E-state index contributed by atoms with van der Waals surface area (Å²) in [6.45, 7) is 0.465. The molecule has 0 spiro atoms. The van der Waals surface area contributed by atoms with Gasteiger partial charge in [0.05, 0.1) is 49.1 Å². The van der Waals surface area contributed by atoms with Crippen molar-refractivity contribution in [3.63, 3.8) is 0 Å². The molecule has 7 aliphatic rings. The maximum atomic E-state index is 12.6. The second-order valence-corrected chi connectivity index (χ2v) is 19.1. The second kappa shape index (κ2) is 22.4. The molecule has 0 bridgehead atoms. The number of aliphatic hydroxyl groups is 14. The number of rotatable bonds is 13. The summed E-state index contributed by atoms with van der Waals surface area (Å²) in [4.78, 5) is 12.6. The van der Waals surface area contributed by atoms with Gasteiger partial charge in [-0.2, -0.15) is 0 Å². The number of hydrogen-bond acceptors (Lipinski definition) is 21. The van der Waals surface area contributed by atoms with Crippen LogP contribution in [0, 0.1) is 17.8 Å². The molecule has 0 amide bonds. The molecule has 22 nitrogen and oxygen atoms in total. The number of allylic oxidation sites excluding steroid dienone is 1. The highest BCUT2D eigenvalue weighted by molar-refractivity contribution is 5.81. The minimum absolute atomic E-state index is 0.0373. The average molecular weight is 940 g/mol. The zero-order valence-electron chi connectivity index (χ0n) is 36.6. The number of carbonyl (C=O) groups is 1. The summed E-state index contributed by atoms with van der Waals surface area (Å²) in [7, 11) is 1.49. The van der Waals surface area contributed by atoms with Crippen molar-refractivity contribution in [3.8, 4) is 0 Å². The molecule has 3 aliphatic carbocycles. The first kappa shape index (κ1) is 51.3. The van der Waals surface area contributed by atoms with E-state index in [2.05, 4.69) is 0 Å².